The molecule has 0 amide bonds. The second-order valence-corrected chi connectivity index (χ2v) is 8.34. The highest BCUT2D eigenvalue weighted by atomic mass is 35.5. The van der Waals surface area contributed by atoms with E-state index in [1.54, 1.807) is 12.1 Å². The van der Waals surface area contributed by atoms with Gasteiger partial charge < -0.3 is 5.10 Å². The number of piperidine rings is 1. The van der Waals surface area contributed by atoms with Crippen LogP contribution in [0.3, 0.4) is 0 Å². The summed E-state index contributed by atoms with van der Waals surface area (Å²) < 4.78 is 27.8. The lowest BCUT2D eigenvalue weighted by Gasteiger charge is -2.43. The molecule has 2 N–H and O–H groups in total. The Morgan fingerprint density at radius 1 is 1.13 bits per heavy atom. The fourth-order valence-electron chi connectivity index (χ4n) is 3.76. The normalized spacial score (nSPS) is 24.4. The average molecular weight is 354 g/mol. The van der Waals surface area contributed by atoms with Crippen molar-refractivity contribution in [3.05, 3.63) is 50.9 Å². The minimum absolute atomic E-state index is 0.117. The Hall–Kier alpha value is -1.57. The van der Waals surface area contributed by atoms with Crippen LogP contribution in [-0.4, -0.2) is 29.0 Å². The molecule has 2 aliphatic heterocycles. The number of sulfonamides is 1. The van der Waals surface area contributed by atoms with Gasteiger partial charge in [-0.2, -0.15) is 4.31 Å². The fourth-order valence-corrected chi connectivity index (χ4v) is 5.73. The second kappa shape index (κ2) is 5.22. The highest BCUT2D eigenvalue weighted by Crippen LogP contribution is 2.43. The number of rotatable bonds is 2. The number of nitrogens with zero attached hydrogens (tertiary/aromatic N) is 1. The van der Waals surface area contributed by atoms with Crippen molar-refractivity contribution < 1.29 is 8.42 Å². The van der Waals surface area contributed by atoms with E-state index >= 15 is 0 Å². The van der Waals surface area contributed by atoms with Crippen molar-refractivity contribution in [3.63, 3.8) is 0 Å². The van der Waals surface area contributed by atoms with E-state index in [-0.39, 0.29) is 16.5 Å². The number of fused-ring (bicyclic) bond motifs is 4. The third-order valence-corrected chi connectivity index (χ3v) is 6.97. The summed E-state index contributed by atoms with van der Waals surface area (Å²) in [5, 5.41) is 5.98. The zero-order valence-corrected chi connectivity index (χ0v) is 13.8. The molecular weight excluding hydrogens is 338 g/mol. The smallest absolute Gasteiger partial charge is 0.268 e. The third kappa shape index (κ3) is 2.26. The summed E-state index contributed by atoms with van der Waals surface area (Å²) in [6.45, 7) is 0. The first-order chi connectivity index (χ1) is 11.0. The minimum atomic E-state index is -3.67. The van der Waals surface area contributed by atoms with Crippen molar-refractivity contribution in [2.75, 3.05) is 0 Å². The zero-order chi connectivity index (χ0) is 16.2. The van der Waals surface area contributed by atoms with Crippen molar-refractivity contribution >= 4 is 21.6 Å². The Morgan fingerprint density at radius 2 is 1.87 bits per heavy atom. The second-order valence-electron chi connectivity index (χ2n) is 6.06. The molecule has 122 valence electrons. The van der Waals surface area contributed by atoms with Crippen LogP contribution in [-0.2, 0) is 16.4 Å². The number of halogens is 1. The fraction of sp³-hybridized carbons (Fsp3) is 0.400. The topological polar surface area (TPSA) is 86.0 Å². The summed E-state index contributed by atoms with van der Waals surface area (Å²) >= 11 is 5.86. The number of aromatic amines is 2. The highest BCUT2D eigenvalue weighted by Gasteiger charge is 2.46. The van der Waals surface area contributed by atoms with Gasteiger partial charge in [0.2, 0.25) is 10.0 Å². The molecular formula is C15H16ClN3O3S. The van der Waals surface area contributed by atoms with Crippen LogP contribution < -0.4 is 5.56 Å². The van der Waals surface area contributed by atoms with E-state index in [9.17, 15) is 13.2 Å². The van der Waals surface area contributed by atoms with Crippen LogP contribution in [0.2, 0.25) is 5.02 Å². The highest BCUT2D eigenvalue weighted by molar-refractivity contribution is 7.89. The number of hydrogen-bond acceptors (Lipinski definition) is 3. The lowest BCUT2D eigenvalue weighted by molar-refractivity contribution is 0.162. The predicted molar refractivity (Wildman–Crippen MR) is 86.0 cm³/mol. The molecule has 1 aromatic carbocycles. The van der Waals surface area contributed by atoms with Crippen LogP contribution in [0.5, 0.6) is 0 Å². The summed E-state index contributed by atoms with van der Waals surface area (Å²) in [6, 6.07) is 5.67. The van der Waals surface area contributed by atoms with Gasteiger partial charge in [0, 0.05) is 23.2 Å². The van der Waals surface area contributed by atoms with Crippen LogP contribution in [0.15, 0.2) is 34.0 Å². The monoisotopic (exact) mass is 353 g/mol. The number of H-pyrrole nitrogens is 2. The molecule has 2 aromatic rings. The molecule has 1 unspecified atom stereocenters. The van der Waals surface area contributed by atoms with Gasteiger partial charge >= 0.3 is 0 Å². The molecule has 1 aromatic heterocycles. The molecule has 0 aliphatic carbocycles. The summed E-state index contributed by atoms with van der Waals surface area (Å²) in [4.78, 5) is 12.3. The molecule has 1 saturated heterocycles. The first-order valence-corrected chi connectivity index (χ1v) is 9.39. The largest absolute Gasteiger partial charge is 0.302 e. The Kier molecular flexibility index (Phi) is 3.40. The maximum absolute atomic E-state index is 13.1. The van der Waals surface area contributed by atoms with Crippen LogP contribution in [0, 0.1) is 0 Å². The van der Waals surface area contributed by atoms with E-state index in [4.69, 9.17) is 11.6 Å². The number of hydrogen-bond donors (Lipinski definition) is 2. The standard InChI is InChI=1S/C15H16ClN3O3S/c16-9-4-6-11(7-5-9)23(21,22)19-10-2-1-3-13(19)14-12(8-10)17-18-15(14)20/h4-7,10,13H,1-3,8H2,(H2,17,18,20)/t10?,13-/m0/s1. The maximum Gasteiger partial charge on any atom is 0.268 e. The number of nitrogens with one attached hydrogen (secondary N) is 2. The number of aromatic nitrogens is 2. The van der Waals surface area contributed by atoms with Crippen molar-refractivity contribution in [2.45, 2.75) is 42.7 Å². The molecule has 3 heterocycles. The van der Waals surface area contributed by atoms with Crippen LogP contribution >= 0.6 is 11.6 Å². The Bertz CT molecular complexity index is 901. The summed E-state index contributed by atoms with van der Waals surface area (Å²) in [7, 11) is -3.67. The van der Waals surface area contributed by atoms with Gasteiger partial charge in [-0.15, -0.1) is 0 Å². The molecule has 6 nitrogen and oxygen atoms in total. The first kappa shape index (κ1) is 15.0. The molecule has 2 aliphatic rings. The van der Waals surface area contributed by atoms with Gasteiger partial charge in [-0.3, -0.25) is 9.89 Å². The quantitative estimate of drug-likeness (QED) is 0.867. The van der Waals surface area contributed by atoms with Crippen molar-refractivity contribution in [3.8, 4) is 0 Å². The van der Waals surface area contributed by atoms with E-state index in [1.807, 2.05) is 0 Å². The zero-order valence-electron chi connectivity index (χ0n) is 12.3. The lowest BCUT2D eigenvalue weighted by atomic mass is 9.85. The molecule has 0 saturated carbocycles. The molecule has 2 atom stereocenters. The molecule has 8 heteroatoms. The number of benzene rings is 1. The van der Waals surface area contributed by atoms with Crippen LogP contribution in [0.1, 0.15) is 36.6 Å². The molecule has 0 spiro atoms. The Balaban J connectivity index is 1.84. The summed E-state index contributed by atoms with van der Waals surface area (Å²) in [6.07, 6.45) is 2.93. The lowest BCUT2D eigenvalue weighted by Crippen LogP contribution is -2.50. The van der Waals surface area contributed by atoms with Gasteiger partial charge in [-0.05, 0) is 43.5 Å². The van der Waals surface area contributed by atoms with Crippen LogP contribution in [0.4, 0.5) is 0 Å². The van der Waals surface area contributed by atoms with Crippen molar-refractivity contribution in [2.24, 2.45) is 0 Å². The van der Waals surface area contributed by atoms with Crippen molar-refractivity contribution in [1.82, 2.24) is 14.5 Å². The Morgan fingerprint density at radius 3 is 2.61 bits per heavy atom. The van der Waals surface area contributed by atoms with Gasteiger partial charge in [-0.1, -0.05) is 11.6 Å². The Labute approximate surface area is 138 Å². The first-order valence-electron chi connectivity index (χ1n) is 7.57. The molecule has 2 bridgehead atoms. The predicted octanol–water partition coefficient (Wildman–Crippen LogP) is 2.20. The summed E-state index contributed by atoms with van der Waals surface area (Å²) in [5.74, 6) is 0. The van der Waals surface area contributed by atoms with E-state index in [0.29, 0.717) is 23.4 Å². The SMILES string of the molecule is O=c1[nH][nH]c2c1[C@@H]1CCCC(C2)N1S(=O)(=O)c1ccc(Cl)cc1. The van der Waals surface area contributed by atoms with Gasteiger partial charge in [0.25, 0.3) is 5.56 Å². The van der Waals surface area contributed by atoms with Gasteiger partial charge in [0.05, 0.1) is 16.5 Å². The molecule has 0 radical (unpaired) electrons. The minimum Gasteiger partial charge on any atom is -0.302 e. The van der Waals surface area contributed by atoms with Crippen molar-refractivity contribution in [1.29, 1.82) is 0 Å². The summed E-state index contributed by atoms with van der Waals surface area (Å²) in [5.41, 5.74) is 1.19. The molecule has 1 fully saturated rings. The van der Waals surface area contributed by atoms with Gasteiger partial charge in [-0.25, -0.2) is 8.42 Å². The van der Waals surface area contributed by atoms with Crippen LogP contribution in [0.25, 0.3) is 0 Å². The van der Waals surface area contributed by atoms with Gasteiger partial charge in [0.1, 0.15) is 0 Å². The van der Waals surface area contributed by atoms with E-state index in [0.717, 1.165) is 18.5 Å². The third-order valence-electron chi connectivity index (χ3n) is 4.74. The molecule has 4 rings (SSSR count). The average Bonchev–Trinajstić information content (AvgIpc) is 2.88. The van der Waals surface area contributed by atoms with E-state index < -0.39 is 16.1 Å². The molecule has 23 heavy (non-hydrogen) atoms. The maximum atomic E-state index is 13.1. The van der Waals surface area contributed by atoms with E-state index in [1.165, 1.54) is 16.4 Å². The van der Waals surface area contributed by atoms with E-state index in [2.05, 4.69) is 10.2 Å². The van der Waals surface area contributed by atoms with Gasteiger partial charge in [0.15, 0.2) is 0 Å².